The van der Waals surface area contributed by atoms with Crippen molar-refractivity contribution in [3.63, 3.8) is 0 Å². The summed E-state index contributed by atoms with van der Waals surface area (Å²) >= 11 is 1.31. The number of phenolic OH excluding ortho intramolecular Hbond substituents is 1. The second-order valence-corrected chi connectivity index (χ2v) is 7.39. The minimum Gasteiger partial charge on any atom is -0.507 e. The maximum Gasteiger partial charge on any atom is 0.332 e. The summed E-state index contributed by atoms with van der Waals surface area (Å²) < 4.78 is 10.5. The van der Waals surface area contributed by atoms with Crippen LogP contribution in [0.1, 0.15) is 45.1 Å². The second-order valence-electron chi connectivity index (χ2n) is 6.43. The van der Waals surface area contributed by atoms with E-state index in [0.717, 1.165) is 19.3 Å². The molecular weight excluding hydrogens is 370 g/mol. The Kier molecular flexibility index (Phi) is 7.53. The zero-order valence-corrected chi connectivity index (χ0v) is 16.4. The number of aliphatic carboxylic acids is 1. The number of carbonyl (C=O) groups excluding carboxylic acids is 1. The number of phenols is 1. The zero-order chi connectivity index (χ0) is 19.9. The number of rotatable bonds is 10. The van der Waals surface area contributed by atoms with Crippen molar-refractivity contribution < 1.29 is 29.3 Å². The molecule has 0 spiro atoms. The Hall–Kier alpha value is -2.22. The third-order valence-electron chi connectivity index (χ3n) is 4.10. The fraction of sp³-hybridized carbons (Fsp3) is 0.526. The number of unbranched alkanes of at least 4 members (excludes halogenated alkanes) is 2. The first-order valence-electron chi connectivity index (χ1n) is 8.93. The van der Waals surface area contributed by atoms with Gasteiger partial charge in [0.25, 0.3) is 0 Å². The van der Waals surface area contributed by atoms with E-state index >= 15 is 0 Å². The van der Waals surface area contributed by atoms with Gasteiger partial charge < -0.3 is 19.7 Å². The second kappa shape index (κ2) is 9.64. The largest absolute Gasteiger partial charge is 0.507 e. The molecule has 7 nitrogen and oxygen atoms in total. The maximum atomic E-state index is 11.3. The van der Waals surface area contributed by atoms with E-state index in [2.05, 4.69) is 4.99 Å². The Morgan fingerprint density at radius 1 is 1.30 bits per heavy atom. The molecule has 1 heterocycles. The average molecular weight is 395 g/mol. The minimum absolute atomic E-state index is 0.00991. The van der Waals surface area contributed by atoms with Crippen molar-refractivity contribution in [3.8, 4) is 11.5 Å². The summed E-state index contributed by atoms with van der Waals surface area (Å²) in [6.45, 7) is 4.23. The number of benzene rings is 1. The van der Waals surface area contributed by atoms with E-state index in [0.29, 0.717) is 41.7 Å². The van der Waals surface area contributed by atoms with Gasteiger partial charge in [0, 0.05) is 23.8 Å². The number of hydrogen-bond acceptors (Lipinski definition) is 7. The molecular formula is C19H25NO6S. The van der Waals surface area contributed by atoms with Gasteiger partial charge in [0.1, 0.15) is 16.5 Å². The molecule has 2 N–H and O–H groups in total. The number of hydrogen-bond donors (Lipinski definition) is 2. The first-order chi connectivity index (χ1) is 12.9. The van der Waals surface area contributed by atoms with Gasteiger partial charge in [-0.1, -0.05) is 0 Å². The van der Waals surface area contributed by atoms with Gasteiger partial charge in [0.2, 0.25) is 0 Å². The van der Waals surface area contributed by atoms with E-state index in [1.54, 1.807) is 26.0 Å². The van der Waals surface area contributed by atoms with Crippen molar-refractivity contribution in [2.24, 2.45) is 4.99 Å². The lowest BCUT2D eigenvalue weighted by Crippen LogP contribution is -2.33. The molecule has 0 saturated carbocycles. The maximum absolute atomic E-state index is 11.3. The van der Waals surface area contributed by atoms with Gasteiger partial charge in [-0.05, 0) is 45.2 Å². The molecule has 0 unspecified atom stereocenters. The van der Waals surface area contributed by atoms with E-state index in [-0.39, 0.29) is 11.7 Å². The normalized spacial score (nSPS) is 18.8. The van der Waals surface area contributed by atoms with Crippen LogP contribution >= 0.6 is 11.8 Å². The van der Waals surface area contributed by atoms with Crippen molar-refractivity contribution in [2.75, 3.05) is 19.0 Å². The van der Waals surface area contributed by atoms with Crippen molar-refractivity contribution in [3.05, 3.63) is 23.8 Å². The summed E-state index contributed by atoms with van der Waals surface area (Å²) in [5, 5.41) is 20.0. The number of carboxylic acid groups (broad SMARTS) is 1. The molecule has 0 radical (unpaired) electrons. The number of carbonyl (C=O) groups is 2. The van der Waals surface area contributed by atoms with Crippen LogP contribution in [0, 0.1) is 0 Å². The third kappa shape index (κ3) is 5.89. The van der Waals surface area contributed by atoms with Crippen LogP contribution in [-0.4, -0.2) is 51.7 Å². The van der Waals surface area contributed by atoms with E-state index in [4.69, 9.17) is 9.47 Å². The molecule has 0 amide bonds. The average Bonchev–Trinajstić information content (AvgIpc) is 3.02. The molecule has 1 aliphatic heterocycles. The van der Waals surface area contributed by atoms with Gasteiger partial charge in [-0.2, -0.15) is 0 Å². The highest BCUT2D eigenvalue weighted by Crippen LogP contribution is 2.35. The summed E-state index contributed by atoms with van der Waals surface area (Å²) in [5.41, 5.74) is -0.655. The van der Waals surface area contributed by atoms with E-state index in [9.17, 15) is 19.8 Å². The Labute approximate surface area is 162 Å². The molecule has 27 heavy (non-hydrogen) atoms. The predicted octanol–water partition coefficient (Wildman–Crippen LogP) is 3.23. The molecule has 1 aliphatic rings. The molecule has 0 saturated heterocycles. The molecule has 1 aromatic carbocycles. The third-order valence-corrected chi connectivity index (χ3v) is 5.39. The number of thioether (sulfide) groups is 1. The molecule has 0 aliphatic carbocycles. The molecule has 0 aromatic heterocycles. The van der Waals surface area contributed by atoms with Crippen LogP contribution in [0.15, 0.2) is 23.2 Å². The number of esters is 1. The number of carboxylic acids is 1. The topological polar surface area (TPSA) is 105 Å². The minimum atomic E-state index is -1.16. The van der Waals surface area contributed by atoms with E-state index in [1.165, 1.54) is 17.8 Å². The van der Waals surface area contributed by atoms with Gasteiger partial charge in [-0.25, -0.2) is 4.79 Å². The highest BCUT2D eigenvalue weighted by molar-refractivity contribution is 8.14. The van der Waals surface area contributed by atoms with E-state index < -0.39 is 11.5 Å². The molecule has 0 bridgehead atoms. The summed E-state index contributed by atoms with van der Waals surface area (Å²) in [6, 6.07) is 4.92. The Balaban J connectivity index is 1.82. The lowest BCUT2D eigenvalue weighted by molar-refractivity contribution is -0.143. The van der Waals surface area contributed by atoms with Crippen LogP contribution in [0.3, 0.4) is 0 Å². The number of ether oxygens (including phenoxy) is 2. The Morgan fingerprint density at radius 3 is 2.70 bits per heavy atom. The SMILES string of the molecule is CCOC(=O)CCCCCOc1ccc(C2=N[C@@](C)(C(=O)O)CS2)c(O)c1. The highest BCUT2D eigenvalue weighted by atomic mass is 32.2. The zero-order valence-electron chi connectivity index (χ0n) is 15.6. The van der Waals surface area contributed by atoms with Crippen molar-refractivity contribution >= 4 is 28.7 Å². The lowest BCUT2D eigenvalue weighted by Gasteiger charge is -2.11. The quantitative estimate of drug-likeness (QED) is 0.463. The first-order valence-corrected chi connectivity index (χ1v) is 9.92. The van der Waals surface area contributed by atoms with Crippen LogP contribution in [0.2, 0.25) is 0 Å². The van der Waals surface area contributed by atoms with Crippen LogP contribution in [-0.2, 0) is 14.3 Å². The van der Waals surface area contributed by atoms with Crippen LogP contribution in [0.5, 0.6) is 11.5 Å². The fourth-order valence-electron chi connectivity index (χ4n) is 2.50. The van der Waals surface area contributed by atoms with Crippen molar-refractivity contribution in [1.29, 1.82) is 0 Å². The predicted molar refractivity (Wildman–Crippen MR) is 104 cm³/mol. The van der Waals surface area contributed by atoms with Crippen molar-refractivity contribution in [2.45, 2.75) is 45.1 Å². The molecule has 0 fully saturated rings. The Bertz CT molecular complexity index is 720. The van der Waals surface area contributed by atoms with Gasteiger partial charge in [-0.15, -0.1) is 11.8 Å². The number of nitrogens with zero attached hydrogens (tertiary/aromatic N) is 1. The fourth-order valence-corrected chi connectivity index (χ4v) is 3.70. The summed E-state index contributed by atoms with van der Waals surface area (Å²) in [5.74, 6) is -0.277. The van der Waals surface area contributed by atoms with Gasteiger partial charge in [0.05, 0.1) is 13.2 Å². The Morgan fingerprint density at radius 2 is 2.07 bits per heavy atom. The van der Waals surface area contributed by atoms with Crippen LogP contribution in [0.4, 0.5) is 0 Å². The number of aromatic hydroxyl groups is 1. The van der Waals surface area contributed by atoms with Crippen LogP contribution in [0.25, 0.3) is 0 Å². The lowest BCUT2D eigenvalue weighted by atomic mass is 10.1. The smallest absolute Gasteiger partial charge is 0.332 e. The highest BCUT2D eigenvalue weighted by Gasteiger charge is 2.38. The molecule has 2 rings (SSSR count). The van der Waals surface area contributed by atoms with Gasteiger partial charge in [0.15, 0.2) is 5.54 Å². The van der Waals surface area contributed by atoms with Crippen LogP contribution < -0.4 is 4.74 Å². The standard InChI is InChI=1S/C19H25NO6S/c1-3-25-16(22)7-5-4-6-10-26-13-8-9-14(15(21)11-13)17-20-19(2,12-27-17)18(23)24/h8-9,11,21H,3-7,10,12H2,1-2H3,(H,23,24)/t19-/m1/s1. The van der Waals surface area contributed by atoms with E-state index in [1.807, 2.05) is 0 Å². The number of aliphatic imine (C=N–C) groups is 1. The summed E-state index contributed by atoms with van der Waals surface area (Å²) in [4.78, 5) is 26.7. The van der Waals surface area contributed by atoms with Gasteiger partial charge >= 0.3 is 11.9 Å². The molecule has 8 heteroatoms. The summed E-state index contributed by atoms with van der Waals surface area (Å²) in [7, 11) is 0. The summed E-state index contributed by atoms with van der Waals surface area (Å²) in [6.07, 6.45) is 2.82. The molecule has 1 aromatic rings. The monoisotopic (exact) mass is 395 g/mol. The molecule has 1 atom stereocenters. The van der Waals surface area contributed by atoms with Gasteiger partial charge in [-0.3, -0.25) is 9.79 Å². The molecule has 148 valence electrons. The van der Waals surface area contributed by atoms with Crippen molar-refractivity contribution in [1.82, 2.24) is 0 Å². The first kappa shape index (κ1) is 21.1.